The number of ether oxygens (including phenoxy) is 1. The smallest absolute Gasteiger partial charge is 0.280 e. The number of amides is 2. The molecule has 2 aromatic carbocycles. The Bertz CT molecular complexity index is 1730. The van der Waals surface area contributed by atoms with Crippen molar-refractivity contribution in [1.82, 2.24) is 14.8 Å². The molecule has 5 aromatic rings. The maximum Gasteiger partial charge on any atom is 0.280 e. The second-order valence-corrected chi connectivity index (χ2v) is 11.4. The van der Waals surface area contributed by atoms with Crippen molar-refractivity contribution in [2.24, 2.45) is 5.73 Å². The Morgan fingerprint density at radius 2 is 1.78 bits per heavy atom. The number of carbonyl (C=O) groups is 2. The van der Waals surface area contributed by atoms with E-state index < -0.39 is 23.9 Å². The number of nitrogens with two attached hydrogens (primary N) is 1. The van der Waals surface area contributed by atoms with Crippen molar-refractivity contribution < 1.29 is 23.1 Å². The summed E-state index contributed by atoms with van der Waals surface area (Å²) >= 11 is 0.844. The summed E-state index contributed by atoms with van der Waals surface area (Å²) in [4.78, 5) is 29.8. The maximum atomic E-state index is 13.7. The van der Waals surface area contributed by atoms with Crippen LogP contribution in [0.4, 0.5) is 14.5 Å². The fourth-order valence-corrected chi connectivity index (χ4v) is 5.31. The Morgan fingerprint density at radius 3 is 2.41 bits per heavy atom. The number of hydrogen-bond donors (Lipinski definition) is 2. The Morgan fingerprint density at radius 1 is 1.07 bits per heavy atom. The van der Waals surface area contributed by atoms with Crippen LogP contribution in [0, 0.1) is 0 Å². The fraction of sp³-hybridized carbons (Fsp3) is 0.200. The van der Waals surface area contributed by atoms with Crippen LogP contribution in [0.2, 0.25) is 0 Å². The summed E-state index contributed by atoms with van der Waals surface area (Å²) in [6.07, 6.45) is -1.24. The molecule has 0 aliphatic carbocycles. The lowest BCUT2D eigenvalue weighted by atomic mass is 9.87. The highest BCUT2D eigenvalue weighted by Gasteiger charge is 2.25. The van der Waals surface area contributed by atoms with Gasteiger partial charge in [-0.15, -0.1) is 11.3 Å². The van der Waals surface area contributed by atoms with Crippen LogP contribution in [0.3, 0.4) is 0 Å². The second-order valence-electron chi connectivity index (χ2n) is 10.4. The van der Waals surface area contributed by atoms with E-state index in [9.17, 15) is 18.4 Å². The van der Waals surface area contributed by atoms with Crippen LogP contribution in [0.15, 0.2) is 72.9 Å². The first kappa shape index (κ1) is 27.9. The number of primary amides is 1. The van der Waals surface area contributed by atoms with Gasteiger partial charge >= 0.3 is 0 Å². The Kier molecular flexibility index (Phi) is 7.55. The Balaban J connectivity index is 1.42. The lowest BCUT2D eigenvalue weighted by Crippen LogP contribution is -2.18. The van der Waals surface area contributed by atoms with E-state index in [1.807, 2.05) is 24.3 Å². The van der Waals surface area contributed by atoms with Crippen LogP contribution in [-0.4, -0.2) is 26.6 Å². The van der Waals surface area contributed by atoms with Crippen molar-refractivity contribution >= 4 is 39.1 Å². The van der Waals surface area contributed by atoms with Crippen LogP contribution in [0.5, 0.6) is 5.75 Å². The summed E-state index contributed by atoms with van der Waals surface area (Å²) in [6.45, 7) is 6.45. The zero-order chi connectivity index (χ0) is 29.3. The molecule has 0 bridgehead atoms. The highest BCUT2D eigenvalue weighted by Crippen LogP contribution is 2.42. The summed E-state index contributed by atoms with van der Waals surface area (Å²) in [5.41, 5.74) is 7.53. The number of nitrogens with one attached hydrogen (secondary N) is 1. The van der Waals surface area contributed by atoms with Crippen molar-refractivity contribution in [3.05, 3.63) is 94.8 Å². The van der Waals surface area contributed by atoms with Gasteiger partial charge in [0.25, 0.3) is 18.2 Å². The van der Waals surface area contributed by atoms with E-state index in [0.29, 0.717) is 22.3 Å². The molecule has 3 heterocycles. The van der Waals surface area contributed by atoms with Crippen molar-refractivity contribution in [2.45, 2.75) is 39.3 Å². The van der Waals surface area contributed by atoms with Crippen molar-refractivity contribution in [2.75, 3.05) is 5.32 Å². The van der Waals surface area contributed by atoms with Gasteiger partial charge in [-0.25, -0.2) is 18.4 Å². The third-order valence-electron chi connectivity index (χ3n) is 6.41. The highest BCUT2D eigenvalue weighted by atomic mass is 32.1. The number of hydrogen-bond acceptors (Lipinski definition) is 6. The van der Waals surface area contributed by atoms with E-state index in [4.69, 9.17) is 10.5 Å². The van der Waals surface area contributed by atoms with Gasteiger partial charge in [0.1, 0.15) is 21.2 Å². The number of thiophene rings is 1. The van der Waals surface area contributed by atoms with E-state index in [1.54, 1.807) is 36.5 Å². The Hall–Kier alpha value is -4.64. The number of nitrogens with zero attached hydrogens (tertiary/aromatic N) is 3. The van der Waals surface area contributed by atoms with Crippen LogP contribution in [0.25, 0.3) is 21.3 Å². The van der Waals surface area contributed by atoms with Gasteiger partial charge in [0.2, 0.25) is 0 Å². The average molecular weight is 576 g/mol. The van der Waals surface area contributed by atoms with Gasteiger partial charge in [0, 0.05) is 11.6 Å². The SMILES string of the molecule is CC(C)(C)c1ccc(OCn2ccc(C(=O)Nc3c(C(N)=O)sc4nc(C(F)F)cc(-c5ccccc5)c34)n2)cc1. The molecule has 0 atom stereocenters. The minimum atomic E-state index is -2.83. The third kappa shape index (κ3) is 5.94. The predicted octanol–water partition coefficient (Wildman–Crippen LogP) is 6.78. The molecule has 3 N–H and O–H groups in total. The van der Waals surface area contributed by atoms with E-state index >= 15 is 0 Å². The van der Waals surface area contributed by atoms with Gasteiger partial charge in [-0.2, -0.15) is 5.10 Å². The first-order valence-corrected chi connectivity index (χ1v) is 13.5. The molecule has 0 fully saturated rings. The van der Waals surface area contributed by atoms with Gasteiger partial charge in [-0.05, 0) is 46.4 Å². The molecule has 0 aliphatic heterocycles. The van der Waals surface area contributed by atoms with E-state index in [2.05, 4.69) is 36.2 Å². The summed E-state index contributed by atoms with van der Waals surface area (Å²) in [5.74, 6) is -0.783. The summed E-state index contributed by atoms with van der Waals surface area (Å²) in [6, 6.07) is 19.3. The van der Waals surface area contributed by atoms with Crippen LogP contribution < -0.4 is 15.8 Å². The fourth-order valence-electron chi connectivity index (χ4n) is 4.29. The minimum absolute atomic E-state index is 0.00841. The predicted molar refractivity (Wildman–Crippen MR) is 154 cm³/mol. The highest BCUT2D eigenvalue weighted by molar-refractivity contribution is 7.21. The Labute approximate surface area is 238 Å². The maximum absolute atomic E-state index is 13.7. The summed E-state index contributed by atoms with van der Waals surface area (Å²) < 4.78 is 34.6. The number of carbonyl (C=O) groups excluding carboxylic acids is 2. The van der Waals surface area contributed by atoms with Crippen molar-refractivity contribution in [3.63, 3.8) is 0 Å². The molecular formula is C30H27F2N5O3S. The normalized spacial score (nSPS) is 11.7. The van der Waals surface area contributed by atoms with Gasteiger partial charge in [-0.3, -0.25) is 9.59 Å². The molecule has 210 valence electrons. The molecule has 41 heavy (non-hydrogen) atoms. The van der Waals surface area contributed by atoms with Crippen molar-refractivity contribution in [3.8, 4) is 16.9 Å². The average Bonchev–Trinajstić information content (AvgIpc) is 3.57. The third-order valence-corrected chi connectivity index (χ3v) is 7.51. The lowest BCUT2D eigenvalue weighted by Gasteiger charge is -2.19. The number of halogens is 2. The number of alkyl halides is 2. The first-order valence-electron chi connectivity index (χ1n) is 12.7. The van der Waals surface area contributed by atoms with Crippen LogP contribution >= 0.6 is 11.3 Å². The molecule has 2 amide bonds. The molecule has 0 saturated carbocycles. The molecule has 3 aromatic heterocycles. The zero-order valence-electron chi connectivity index (χ0n) is 22.5. The molecule has 0 saturated heterocycles. The monoisotopic (exact) mass is 575 g/mol. The van der Waals surface area contributed by atoms with Gasteiger partial charge in [-0.1, -0.05) is 63.2 Å². The van der Waals surface area contributed by atoms with Gasteiger partial charge in [0.15, 0.2) is 12.4 Å². The van der Waals surface area contributed by atoms with E-state index in [-0.39, 0.29) is 33.2 Å². The van der Waals surface area contributed by atoms with Crippen LogP contribution in [0.1, 0.15) is 58.6 Å². The molecule has 0 unspecified atom stereocenters. The van der Waals surface area contributed by atoms with Crippen molar-refractivity contribution in [1.29, 1.82) is 0 Å². The largest absolute Gasteiger partial charge is 0.471 e. The number of aromatic nitrogens is 3. The van der Waals surface area contributed by atoms with Gasteiger partial charge in [0.05, 0.1) is 5.69 Å². The minimum Gasteiger partial charge on any atom is -0.471 e. The molecule has 0 spiro atoms. The quantitative estimate of drug-likeness (QED) is 0.212. The second kappa shape index (κ2) is 11.1. The van der Waals surface area contributed by atoms with E-state index in [1.165, 1.54) is 22.4 Å². The molecule has 11 heteroatoms. The molecule has 0 radical (unpaired) electrons. The van der Waals surface area contributed by atoms with E-state index in [0.717, 1.165) is 11.3 Å². The number of fused-ring (bicyclic) bond motifs is 1. The van der Waals surface area contributed by atoms with Crippen LogP contribution in [-0.2, 0) is 12.1 Å². The number of anilines is 1. The molecule has 8 nitrogen and oxygen atoms in total. The topological polar surface area (TPSA) is 112 Å². The number of benzene rings is 2. The molecule has 0 aliphatic rings. The lowest BCUT2D eigenvalue weighted by molar-refractivity contribution is 0.100. The zero-order valence-corrected chi connectivity index (χ0v) is 23.3. The standard InChI is InChI=1S/C30H27F2N5O3S/c1-30(2,3)18-9-11-19(12-10-18)40-16-37-14-13-21(36-37)28(39)35-24-23-20(17-7-5-4-6-8-17)15-22(26(31)32)34-29(23)41-25(24)27(33)38/h4-15,26H,16H2,1-3H3,(H2,33,38)(H,35,39). The first-order chi connectivity index (χ1) is 19.5. The molecule has 5 rings (SSSR count). The number of rotatable bonds is 8. The summed E-state index contributed by atoms with van der Waals surface area (Å²) in [5, 5.41) is 7.35. The van der Waals surface area contributed by atoms with Gasteiger partial charge < -0.3 is 15.8 Å². The summed E-state index contributed by atoms with van der Waals surface area (Å²) in [7, 11) is 0. The number of pyridine rings is 1. The molecular weight excluding hydrogens is 548 g/mol.